The molecule has 2 rings (SSSR count). The van der Waals surface area contributed by atoms with Crippen LogP contribution >= 0.6 is 0 Å². The highest BCUT2D eigenvalue weighted by Crippen LogP contribution is 2.44. The molecule has 1 aliphatic carbocycles. The van der Waals surface area contributed by atoms with Crippen molar-refractivity contribution >= 4 is 11.6 Å². The first-order chi connectivity index (χ1) is 9.32. The van der Waals surface area contributed by atoms with E-state index in [0.717, 1.165) is 12.8 Å². The number of nitrogens with two attached hydrogens (primary N) is 1. The minimum Gasteiger partial charge on any atom is -0.327 e. The second-order valence-corrected chi connectivity index (χ2v) is 6.40. The fourth-order valence-corrected chi connectivity index (χ4v) is 3.11. The van der Waals surface area contributed by atoms with Gasteiger partial charge in [0, 0.05) is 17.6 Å². The Bertz CT molecular complexity index is 501. The van der Waals surface area contributed by atoms with Crippen molar-refractivity contribution in [1.82, 2.24) is 0 Å². The fourth-order valence-electron chi connectivity index (χ4n) is 3.11. The number of carbonyl (C=O) groups is 1. The van der Waals surface area contributed by atoms with Gasteiger partial charge in [-0.15, -0.1) is 0 Å². The molecule has 3 nitrogen and oxygen atoms in total. The van der Waals surface area contributed by atoms with Crippen molar-refractivity contribution < 1.29 is 9.18 Å². The molecule has 110 valence electrons. The maximum atomic E-state index is 13.2. The van der Waals surface area contributed by atoms with Gasteiger partial charge in [-0.2, -0.15) is 0 Å². The molecular weight excluding hydrogens is 255 g/mol. The molecule has 1 aromatic carbocycles. The average molecular weight is 278 g/mol. The Balaban J connectivity index is 2.13. The molecule has 3 unspecified atom stereocenters. The summed E-state index contributed by atoms with van der Waals surface area (Å²) in [6.07, 6.45) is 1.63. The number of nitrogens with one attached hydrogen (secondary N) is 1. The molecule has 0 aliphatic heterocycles. The lowest BCUT2D eigenvalue weighted by Gasteiger charge is -2.46. The van der Waals surface area contributed by atoms with Crippen LogP contribution in [0.25, 0.3) is 0 Å². The molecule has 0 spiro atoms. The summed E-state index contributed by atoms with van der Waals surface area (Å²) in [5, 5.41) is 2.82. The SMILES string of the molecule is CC1C(N)CCC(C(=O)Nc2cccc(F)c2)C1(C)C. The number of halogens is 1. The van der Waals surface area contributed by atoms with E-state index in [4.69, 9.17) is 5.73 Å². The van der Waals surface area contributed by atoms with Crippen LogP contribution in [0.4, 0.5) is 10.1 Å². The lowest BCUT2D eigenvalue weighted by atomic mass is 9.61. The fraction of sp³-hybridized carbons (Fsp3) is 0.562. The molecule has 0 saturated heterocycles. The minimum absolute atomic E-state index is 0.0423. The predicted molar refractivity (Wildman–Crippen MR) is 78.7 cm³/mol. The van der Waals surface area contributed by atoms with E-state index in [-0.39, 0.29) is 35.0 Å². The summed E-state index contributed by atoms with van der Waals surface area (Å²) in [5.74, 6) is -0.208. The van der Waals surface area contributed by atoms with Crippen LogP contribution in [0.2, 0.25) is 0 Å². The number of hydrogen-bond acceptors (Lipinski definition) is 2. The number of hydrogen-bond donors (Lipinski definition) is 2. The molecule has 1 amide bonds. The van der Waals surface area contributed by atoms with Crippen LogP contribution in [0.1, 0.15) is 33.6 Å². The van der Waals surface area contributed by atoms with Crippen molar-refractivity contribution in [3.8, 4) is 0 Å². The Morgan fingerprint density at radius 2 is 2.10 bits per heavy atom. The smallest absolute Gasteiger partial charge is 0.228 e. The van der Waals surface area contributed by atoms with Crippen molar-refractivity contribution in [3.63, 3.8) is 0 Å². The van der Waals surface area contributed by atoms with E-state index >= 15 is 0 Å². The molecule has 0 heterocycles. The standard InChI is InChI=1S/C16H23FN2O/c1-10-14(18)8-7-13(16(10,2)3)15(20)19-12-6-4-5-11(17)9-12/h4-6,9-10,13-14H,7-8,18H2,1-3H3,(H,19,20). The third-order valence-corrected chi connectivity index (χ3v) is 4.91. The van der Waals surface area contributed by atoms with Crippen molar-refractivity contribution in [2.75, 3.05) is 5.32 Å². The highest BCUT2D eigenvalue weighted by atomic mass is 19.1. The van der Waals surface area contributed by atoms with Gasteiger partial charge < -0.3 is 11.1 Å². The van der Waals surface area contributed by atoms with Gasteiger partial charge in [0.2, 0.25) is 5.91 Å². The Morgan fingerprint density at radius 3 is 2.75 bits per heavy atom. The van der Waals surface area contributed by atoms with E-state index in [1.807, 2.05) is 0 Å². The largest absolute Gasteiger partial charge is 0.327 e. The lowest BCUT2D eigenvalue weighted by Crippen LogP contribution is -2.50. The molecule has 1 fully saturated rings. The van der Waals surface area contributed by atoms with E-state index in [9.17, 15) is 9.18 Å². The summed E-state index contributed by atoms with van der Waals surface area (Å²) < 4.78 is 13.2. The monoisotopic (exact) mass is 278 g/mol. The van der Waals surface area contributed by atoms with Crippen LogP contribution in [0.15, 0.2) is 24.3 Å². The summed E-state index contributed by atoms with van der Waals surface area (Å²) in [6.45, 7) is 6.28. The van der Waals surface area contributed by atoms with Gasteiger partial charge in [-0.05, 0) is 42.4 Å². The van der Waals surface area contributed by atoms with Gasteiger partial charge in [0.15, 0.2) is 0 Å². The predicted octanol–water partition coefficient (Wildman–Crippen LogP) is 3.16. The number of carbonyl (C=O) groups excluding carboxylic acids is 1. The molecule has 20 heavy (non-hydrogen) atoms. The van der Waals surface area contributed by atoms with Crippen LogP contribution in [-0.4, -0.2) is 11.9 Å². The number of amides is 1. The normalized spacial score (nSPS) is 28.9. The van der Waals surface area contributed by atoms with Crippen molar-refractivity contribution in [1.29, 1.82) is 0 Å². The second-order valence-electron chi connectivity index (χ2n) is 6.40. The average Bonchev–Trinajstić information content (AvgIpc) is 2.36. The van der Waals surface area contributed by atoms with Crippen LogP contribution in [0.3, 0.4) is 0 Å². The molecule has 3 atom stereocenters. The number of anilines is 1. The maximum absolute atomic E-state index is 13.2. The number of benzene rings is 1. The van der Waals surface area contributed by atoms with Gasteiger partial charge in [0.1, 0.15) is 5.82 Å². The zero-order valence-electron chi connectivity index (χ0n) is 12.3. The van der Waals surface area contributed by atoms with Gasteiger partial charge in [0.25, 0.3) is 0 Å². The Kier molecular flexibility index (Phi) is 4.14. The summed E-state index contributed by atoms with van der Waals surface area (Å²) >= 11 is 0. The van der Waals surface area contributed by atoms with E-state index in [1.165, 1.54) is 12.1 Å². The third kappa shape index (κ3) is 2.85. The molecule has 0 aromatic heterocycles. The van der Waals surface area contributed by atoms with Crippen LogP contribution in [0, 0.1) is 23.1 Å². The molecule has 0 radical (unpaired) electrons. The zero-order valence-corrected chi connectivity index (χ0v) is 12.3. The van der Waals surface area contributed by atoms with Gasteiger partial charge in [-0.1, -0.05) is 26.8 Å². The Hall–Kier alpha value is -1.42. The highest BCUT2D eigenvalue weighted by Gasteiger charge is 2.44. The lowest BCUT2D eigenvalue weighted by molar-refractivity contribution is -0.127. The summed E-state index contributed by atoms with van der Waals surface area (Å²) in [6, 6.07) is 6.13. The zero-order chi connectivity index (χ0) is 14.9. The summed E-state index contributed by atoms with van der Waals surface area (Å²) in [5.41, 5.74) is 6.46. The third-order valence-electron chi connectivity index (χ3n) is 4.91. The minimum atomic E-state index is -0.346. The van der Waals surface area contributed by atoms with E-state index < -0.39 is 0 Å². The van der Waals surface area contributed by atoms with Gasteiger partial charge in [0.05, 0.1) is 0 Å². The molecule has 1 aromatic rings. The first-order valence-electron chi connectivity index (χ1n) is 7.14. The summed E-state index contributed by atoms with van der Waals surface area (Å²) in [7, 11) is 0. The van der Waals surface area contributed by atoms with E-state index in [2.05, 4.69) is 26.1 Å². The molecule has 1 aliphatic rings. The Labute approximate surface area is 119 Å². The second kappa shape index (κ2) is 5.52. The van der Waals surface area contributed by atoms with Crippen LogP contribution in [-0.2, 0) is 4.79 Å². The first-order valence-corrected chi connectivity index (χ1v) is 7.14. The number of rotatable bonds is 2. The van der Waals surface area contributed by atoms with E-state index in [1.54, 1.807) is 12.1 Å². The van der Waals surface area contributed by atoms with Crippen molar-refractivity contribution in [3.05, 3.63) is 30.1 Å². The molecule has 3 N–H and O–H groups in total. The highest BCUT2D eigenvalue weighted by molar-refractivity contribution is 5.93. The molecule has 4 heteroatoms. The Morgan fingerprint density at radius 1 is 1.40 bits per heavy atom. The molecular formula is C16H23FN2O. The van der Waals surface area contributed by atoms with Gasteiger partial charge in [-0.25, -0.2) is 4.39 Å². The van der Waals surface area contributed by atoms with E-state index in [0.29, 0.717) is 5.69 Å². The van der Waals surface area contributed by atoms with Crippen molar-refractivity contribution in [2.24, 2.45) is 23.0 Å². The van der Waals surface area contributed by atoms with Crippen molar-refractivity contribution in [2.45, 2.75) is 39.7 Å². The van der Waals surface area contributed by atoms with Crippen LogP contribution < -0.4 is 11.1 Å². The summed E-state index contributed by atoms with van der Waals surface area (Å²) in [4.78, 5) is 12.5. The maximum Gasteiger partial charge on any atom is 0.228 e. The molecule has 0 bridgehead atoms. The molecule has 1 saturated carbocycles. The van der Waals surface area contributed by atoms with Gasteiger partial charge in [-0.3, -0.25) is 4.79 Å². The van der Waals surface area contributed by atoms with Gasteiger partial charge >= 0.3 is 0 Å². The van der Waals surface area contributed by atoms with Crippen LogP contribution in [0.5, 0.6) is 0 Å². The quantitative estimate of drug-likeness (QED) is 0.873. The topological polar surface area (TPSA) is 55.1 Å². The first kappa shape index (κ1) is 15.0.